The summed E-state index contributed by atoms with van der Waals surface area (Å²) in [6.07, 6.45) is 2.01. The van der Waals surface area contributed by atoms with E-state index in [9.17, 15) is 13.9 Å². The molecule has 0 radical (unpaired) electrons. The Labute approximate surface area is 101 Å². The predicted molar refractivity (Wildman–Crippen MR) is 62.4 cm³/mol. The maximum absolute atomic E-state index is 13.5. The van der Waals surface area contributed by atoms with Gasteiger partial charge in [0.2, 0.25) is 0 Å². The number of aliphatic hydroxyl groups is 1. The molecule has 1 unspecified atom stereocenters. The lowest BCUT2D eigenvalue weighted by molar-refractivity contribution is -0.0866. The number of ether oxygens (including phenoxy) is 1. The molecule has 1 saturated heterocycles. The molecule has 0 spiro atoms. The van der Waals surface area contributed by atoms with E-state index in [1.807, 2.05) is 6.92 Å². The van der Waals surface area contributed by atoms with E-state index >= 15 is 0 Å². The van der Waals surface area contributed by atoms with Crippen molar-refractivity contribution in [2.75, 3.05) is 33.4 Å². The van der Waals surface area contributed by atoms with Crippen LogP contribution in [0.2, 0.25) is 0 Å². The van der Waals surface area contributed by atoms with E-state index in [1.54, 1.807) is 18.1 Å². The van der Waals surface area contributed by atoms with Crippen molar-refractivity contribution in [1.82, 2.24) is 4.90 Å². The van der Waals surface area contributed by atoms with Gasteiger partial charge in [-0.15, -0.1) is 0 Å². The summed E-state index contributed by atoms with van der Waals surface area (Å²) in [7, 11) is 1.55. The number of allylic oxidation sites excluding steroid dienone is 1. The van der Waals surface area contributed by atoms with Crippen molar-refractivity contribution < 1.29 is 18.6 Å². The SMILES string of the molecule is CC/C=C(/O)C1CN(CCOC)CC(F)(F)C1. The first-order valence-electron chi connectivity index (χ1n) is 5.96. The van der Waals surface area contributed by atoms with Crippen LogP contribution in [0, 0.1) is 5.92 Å². The lowest BCUT2D eigenvalue weighted by Gasteiger charge is -2.37. The lowest BCUT2D eigenvalue weighted by atomic mass is 9.93. The van der Waals surface area contributed by atoms with Crippen LogP contribution in [0.25, 0.3) is 0 Å². The zero-order valence-corrected chi connectivity index (χ0v) is 10.5. The molecule has 0 amide bonds. The van der Waals surface area contributed by atoms with Gasteiger partial charge < -0.3 is 9.84 Å². The van der Waals surface area contributed by atoms with E-state index in [0.29, 0.717) is 26.1 Å². The Hall–Kier alpha value is -0.680. The molecule has 0 aliphatic carbocycles. The number of hydrogen-bond donors (Lipinski definition) is 1. The van der Waals surface area contributed by atoms with Crippen LogP contribution in [0.3, 0.4) is 0 Å². The smallest absolute Gasteiger partial charge is 0.261 e. The molecule has 0 aromatic carbocycles. The summed E-state index contributed by atoms with van der Waals surface area (Å²) in [5, 5.41) is 9.72. The molecule has 1 N–H and O–H groups in total. The van der Waals surface area contributed by atoms with Crippen LogP contribution in [0.1, 0.15) is 19.8 Å². The molecule has 1 rings (SSSR count). The second-order valence-electron chi connectivity index (χ2n) is 4.52. The topological polar surface area (TPSA) is 32.7 Å². The highest BCUT2D eigenvalue weighted by molar-refractivity contribution is 5.02. The Bertz CT molecular complexity index is 269. The molecule has 1 heterocycles. The van der Waals surface area contributed by atoms with Gasteiger partial charge in [-0.3, -0.25) is 4.90 Å². The monoisotopic (exact) mass is 249 g/mol. The summed E-state index contributed by atoms with van der Waals surface area (Å²) in [5.74, 6) is -3.10. The Morgan fingerprint density at radius 3 is 2.88 bits per heavy atom. The first-order valence-corrected chi connectivity index (χ1v) is 5.96. The summed E-state index contributed by atoms with van der Waals surface area (Å²) in [6.45, 7) is 3.01. The second kappa shape index (κ2) is 6.31. The van der Waals surface area contributed by atoms with E-state index in [0.717, 1.165) is 0 Å². The average Bonchev–Trinajstić information content (AvgIpc) is 2.24. The number of halogens is 2. The van der Waals surface area contributed by atoms with Crippen LogP contribution in [0.5, 0.6) is 0 Å². The van der Waals surface area contributed by atoms with Crippen LogP contribution in [0.15, 0.2) is 11.8 Å². The van der Waals surface area contributed by atoms with Gasteiger partial charge in [-0.2, -0.15) is 0 Å². The number of alkyl halides is 2. The van der Waals surface area contributed by atoms with Gasteiger partial charge in [0.1, 0.15) is 0 Å². The van der Waals surface area contributed by atoms with Crippen molar-refractivity contribution in [3.8, 4) is 0 Å². The third-order valence-electron chi connectivity index (χ3n) is 2.92. The standard InChI is InChI=1S/C12H21F2NO2/c1-3-4-11(16)10-7-12(13,14)9-15(8-10)5-6-17-2/h4,10,16H,3,5-9H2,1-2H3/b11-4+. The Kier molecular flexibility index (Phi) is 5.33. The van der Waals surface area contributed by atoms with E-state index in [4.69, 9.17) is 4.74 Å². The van der Waals surface area contributed by atoms with Crippen molar-refractivity contribution in [3.63, 3.8) is 0 Å². The average molecular weight is 249 g/mol. The molecule has 1 atom stereocenters. The minimum Gasteiger partial charge on any atom is -0.512 e. The molecule has 0 aromatic heterocycles. The summed E-state index contributed by atoms with van der Waals surface area (Å²) >= 11 is 0. The summed E-state index contributed by atoms with van der Waals surface area (Å²) in [6, 6.07) is 0. The zero-order valence-electron chi connectivity index (χ0n) is 10.5. The van der Waals surface area contributed by atoms with Crippen molar-refractivity contribution in [1.29, 1.82) is 0 Å². The molecule has 100 valence electrons. The highest BCUT2D eigenvalue weighted by Crippen LogP contribution is 2.33. The van der Waals surface area contributed by atoms with Gasteiger partial charge in [-0.1, -0.05) is 6.92 Å². The molecule has 0 saturated carbocycles. The zero-order chi connectivity index (χ0) is 12.9. The predicted octanol–water partition coefficient (Wildman–Crippen LogP) is 2.44. The fourth-order valence-electron chi connectivity index (χ4n) is 2.16. The van der Waals surface area contributed by atoms with E-state index in [-0.39, 0.29) is 18.7 Å². The Morgan fingerprint density at radius 2 is 2.29 bits per heavy atom. The lowest BCUT2D eigenvalue weighted by Crippen LogP contribution is -2.48. The molecular formula is C12H21F2NO2. The number of rotatable bonds is 5. The maximum Gasteiger partial charge on any atom is 0.261 e. The molecule has 3 nitrogen and oxygen atoms in total. The minimum absolute atomic E-state index is 0.0919. The molecule has 1 aliphatic rings. The molecule has 1 aliphatic heterocycles. The molecule has 17 heavy (non-hydrogen) atoms. The van der Waals surface area contributed by atoms with Gasteiger partial charge in [0.05, 0.1) is 18.9 Å². The molecule has 1 fully saturated rings. The van der Waals surface area contributed by atoms with Crippen molar-refractivity contribution in [3.05, 3.63) is 11.8 Å². The van der Waals surface area contributed by atoms with Crippen LogP contribution >= 0.6 is 0 Å². The van der Waals surface area contributed by atoms with E-state index < -0.39 is 11.8 Å². The Balaban J connectivity index is 2.63. The number of piperidine rings is 1. The van der Waals surface area contributed by atoms with Crippen molar-refractivity contribution in [2.45, 2.75) is 25.7 Å². The van der Waals surface area contributed by atoms with Gasteiger partial charge in [-0.25, -0.2) is 8.78 Å². The highest BCUT2D eigenvalue weighted by atomic mass is 19.3. The van der Waals surface area contributed by atoms with E-state index in [2.05, 4.69) is 0 Å². The number of nitrogens with zero attached hydrogens (tertiary/aromatic N) is 1. The largest absolute Gasteiger partial charge is 0.512 e. The van der Waals surface area contributed by atoms with Gasteiger partial charge in [0, 0.05) is 32.5 Å². The van der Waals surface area contributed by atoms with Crippen LogP contribution in [0.4, 0.5) is 8.78 Å². The van der Waals surface area contributed by atoms with Gasteiger partial charge in [0.15, 0.2) is 0 Å². The summed E-state index contributed by atoms with van der Waals surface area (Å²) in [4.78, 5) is 1.65. The summed E-state index contributed by atoms with van der Waals surface area (Å²) < 4.78 is 31.9. The van der Waals surface area contributed by atoms with Crippen molar-refractivity contribution >= 4 is 0 Å². The van der Waals surface area contributed by atoms with Crippen LogP contribution in [-0.4, -0.2) is 49.3 Å². The first-order chi connectivity index (χ1) is 7.98. The van der Waals surface area contributed by atoms with Crippen molar-refractivity contribution in [2.24, 2.45) is 5.92 Å². The fourth-order valence-corrected chi connectivity index (χ4v) is 2.16. The normalized spacial score (nSPS) is 26.1. The molecule has 0 aromatic rings. The first kappa shape index (κ1) is 14.4. The van der Waals surface area contributed by atoms with Gasteiger partial charge >= 0.3 is 0 Å². The Morgan fingerprint density at radius 1 is 1.59 bits per heavy atom. The molecule has 5 heteroatoms. The molecule has 0 bridgehead atoms. The molecular weight excluding hydrogens is 228 g/mol. The van der Waals surface area contributed by atoms with E-state index in [1.165, 1.54) is 0 Å². The number of aliphatic hydroxyl groups excluding tert-OH is 1. The minimum atomic E-state index is -2.73. The number of likely N-dealkylation sites (tertiary alicyclic amines) is 1. The summed E-state index contributed by atoms with van der Waals surface area (Å²) in [5.41, 5.74) is 0. The van der Waals surface area contributed by atoms with Crippen LogP contribution in [-0.2, 0) is 4.74 Å². The number of methoxy groups -OCH3 is 1. The highest BCUT2D eigenvalue weighted by Gasteiger charge is 2.41. The van der Waals surface area contributed by atoms with Gasteiger partial charge in [0.25, 0.3) is 5.92 Å². The second-order valence-corrected chi connectivity index (χ2v) is 4.52. The third kappa shape index (κ3) is 4.60. The van der Waals surface area contributed by atoms with Gasteiger partial charge in [-0.05, 0) is 12.5 Å². The number of hydrogen-bond acceptors (Lipinski definition) is 3. The third-order valence-corrected chi connectivity index (χ3v) is 2.92. The quantitative estimate of drug-likeness (QED) is 0.760. The fraction of sp³-hybridized carbons (Fsp3) is 0.833. The maximum atomic E-state index is 13.5. The van der Waals surface area contributed by atoms with Crippen LogP contribution < -0.4 is 0 Å².